The third kappa shape index (κ3) is 4.23. The molecule has 1 aliphatic heterocycles. The summed E-state index contributed by atoms with van der Waals surface area (Å²) < 4.78 is 7.42. The normalized spacial score (nSPS) is 19.6. The first-order valence-electron chi connectivity index (χ1n) is 8.17. The lowest BCUT2D eigenvalue weighted by Crippen LogP contribution is -2.46. The van der Waals surface area contributed by atoms with Crippen LogP contribution in [0, 0.1) is 0 Å². The highest BCUT2D eigenvalue weighted by molar-refractivity contribution is 5.84. The van der Waals surface area contributed by atoms with E-state index < -0.39 is 0 Å². The molecule has 132 valence electrons. The molecular formula is C17H23N7O. The van der Waals surface area contributed by atoms with Crippen molar-refractivity contribution in [2.24, 2.45) is 12.8 Å². The second-order valence-corrected chi connectivity index (χ2v) is 5.79. The van der Waals surface area contributed by atoms with Gasteiger partial charge in [0.05, 0.1) is 23.8 Å². The van der Waals surface area contributed by atoms with E-state index in [2.05, 4.69) is 32.3 Å². The van der Waals surface area contributed by atoms with Gasteiger partial charge in [-0.1, -0.05) is 6.58 Å². The maximum atomic E-state index is 6.20. The molecule has 0 spiro atoms. The summed E-state index contributed by atoms with van der Waals surface area (Å²) in [7, 11) is 1.87. The highest BCUT2D eigenvalue weighted by Crippen LogP contribution is 2.10. The number of nitrogens with one attached hydrogen (secondary N) is 2. The average Bonchev–Trinajstić information content (AvgIpc) is 3.07. The van der Waals surface area contributed by atoms with Gasteiger partial charge in [0.25, 0.3) is 0 Å². The fraction of sp³-hybridized carbons (Fsp3) is 0.353. The monoisotopic (exact) mass is 341 g/mol. The van der Waals surface area contributed by atoms with Crippen molar-refractivity contribution in [3.63, 3.8) is 0 Å². The molecule has 0 unspecified atom stereocenters. The van der Waals surface area contributed by atoms with Gasteiger partial charge < -0.3 is 21.1 Å². The van der Waals surface area contributed by atoms with Gasteiger partial charge in [-0.3, -0.25) is 9.67 Å². The van der Waals surface area contributed by atoms with E-state index in [1.807, 2.05) is 19.2 Å². The zero-order valence-electron chi connectivity index (χ0n) is 14.3. The first-order chi connectivity index (χ1) is 12.1. The van der Waals surface area contributed by atoms with Gasteiger partial charge in [-0.2, -0.15) is 5.10 Å². The number of nitrogens with zero attached hydrogens (tertiary/aromatic N) is 4. The molecule has 1 aliphatic rings. The molecule has 2 aromatic heterocycles. The fourth-order valence-corrected chi connectivity index (χ4v) is 2.65. The molecule has 1 atom stereocenters. The second-order valence-electron chi connectivity index (χ2n) is 5.79. The molecule has 2 aromatic rings. The molecule has 8 heteroatoms. The summed E-state index contributed by atoms with van der Waals surface area (Å²) in [5.41, 5.74) is 7.89. The Hall–Kier alpha value is -2.71. The summed E-state index contributed by atoms with van der Waals surface area (Å²) >= 11 is 0. The van der Waals surface area contributed by atoms with E-state index in [1.54, 1.807) is 23.3 Å². The minimum Gasteiger partial charge on any atom is -0.384 e. The maximum Gasteiger partial charge on any atom is 0.128 e. The lowest BCUT2D eigenvalue weighted by molar-refractivity contribution is 0.0314. The highest BCUT2D eigenvalue weighted by atomic mass is 16.5. The number of rotatable bonds is 5. The van der Waals surface area contributed by atoms with Crippen LogP contribution in [0.4, 0.5) is 0 Å². The van der Waals surface area contributed by atoms with E-state index in [1.165, 1.54) is 0 Å². The van der Waals surface area contributed by atoms with Crippen LogP contribution in [0.25, 0.3) is 17.5 Å². The molecule has 4 N–H and O–H groups in total. The average molecular weight is 341 g/mol. The lowest BCUT2D eigenvalue weighted by Gasteiger charge is -2.24. The van der Waals surface area contributed by atoms with Crippen molar-refractivity contribution in [3.05, 3.63) is 47.6 Å². The third-order valence-electron chi connectivity index (χ3n) is 3.97. The number of aryl methyl sites for hydroxylation is 1. The van der Waals surface area contributed by atoms with Crippen LogP contribution in [-0.2, 0) is 11.8 Å². The summed E-state index contributed by atoms with van der Waals surface area (Å²) in [4.78, 5) is 8.74. The van der Waals surface area contributed by atoms with Gasteiger partial charge in [0.2, 0.25) is 0 Å². The van der Waals surface area contributed by atoms with E-state index in [4.69, 9.17) is 10.5 Å². The Morgan fingerprint density at radius 2 is 2.32 bits per heavy atom. The van der Waals surface area contributed by atoms with Gasteiger partial charge in [-0.25, -0.2) is 4.98 Å². The van der Waals surface area contributed by atoms with Crippen LogP contribution in [-0.4, -0.2) is 52.1 Å². The minimum absolute atomic E-state index is 0.0841. The number of hydrogen-bond donors (Lipinski definition) is 3. The molecule has 0 aliphatic carbocycles. The number of ether oxygens (including phenoxy) is 1. The molecule has 1 saturated heterocycles. The first-order valence-corrected chi connectivity index (χ1v) is 8.17. The van der Waals surface area contributed by atoms with E-state index in [-0.39, 0.29) is 6.10 Å². The molecule has 0 bridgehead atoms. The lowest BCUT2D eigenvalue weighted by atomic mass is 10.2. The quantitative estimate of drug-likeness (QED) is 0.596. The number of aromatic nitrogens is 4. The van der Waals surface area contributed by atoms with Crippen molar-refractivity contribution in [2.75, 3.05) is 26.2 Å². The number of morpholine rings is 1. The van der Waals surface area contributed by atoms with E-state index in [0.717, 1.165) is 24.4 Å². The van der Waals surface area contributed by atoms with Crippen LogP contribution in [0.5, 0.6) is 0 Å². The topological polar surface area (TPSA) is 103 Å². The summed E-state index contributed by atoms with van der Waals surface area (Å²) in [6.45, 7) is 7.09. The standard InChI is InChI=1S/C17H23N7O/c1-12(15-3-4-23-24(15)2)9-14-16(21-6-5-20-14)17(18)22-11-13-10-19-7-8-25-13/h3-6,9,13,19,22H,1,7-8,10-11,18H2,2H3/b14-9+,17-16-/t13-/m0/s1. The Bertz CT molecular complexity index is 852. The van der Waals surface area contributed by atoms with E-state index >= 15 is 0 Å². The highest BCUT2D eigenvalue weighted by Gasteiger charge is 2.13. The number of hydrogen-bond acceptors (Lipinski definition) is 7. The van der Waals surface area contributed by atoms with Crippen LogP contribution in [0.15, 0.2) is 31.2 Å². The molecule has 0 amide bonds. The Balaban J connectivity index is 1.85. The van der Waals surface area contributed by atoms with Crippen molar-refractivity contribution >= 4 is 17.5 Å². The van der Waals surface area contributed by atoms with Gasteiger partial charge in [0.1, 0.15) is 11.2 Å². The van der Waals surface area contributed by atoms with Gasteiger partial charge in [0, 0.05) is 45.3 Å². The van der Waals surface area contributed by atoms with Gasteiger partial charge >= 0.3 is 0 Å². The van der Waals surface area contributed by atoms with Crippen LogP contribution in [0.3, 0.4) is 0 Å². The zero-order valence-corrected chi connectivity index (χ0v) is 14.3. The van der Waals surface area contributed by atoms with Crippen LogP contribution >= 0.6 is 0 Å². The smallest absolute Gasteiger partial charge is 0.128 e. The van der Waals surface area contributed by atoms with Crippen molar-refractivity contribution in [2.45, 2.75) is 6.10 Å². The van der Waals surface area contributed by atoms with Crippen molar-refractivity contribution in [1.29, 1.82) is 0 Å². The van der Waals surface area contributed by atoms with Gasteiger partial charge in [-0.15, -0.1) is 0 Å². The van der Waals surface area contributed by atoms with Gasteiger partial charge in [0.15, 0.2) is 0 Å². The Kier molecular flexibility index (Phi) is 5.42. The molecule has 0 radical (unpaired) electrons. The fourth-order valence-electron chi connectivity index (χ4n) is 2.65. The molecule has 3 heterocycles. The maximum absolute atomic E-state index is 6.20. The Morgan fingerprint density at radius 1 is 1.48 bits per heavy atom. The minimum atomic E-state index is 0.0841. The van der Waals surface area contributed by atoms with Crippen molar-refractivity contribution in [3.8, 4) is 0 Å². The Labute approximate surface area is 146 Å². The SMILES string of the molecule is C=C(/C=c1/nccn/c1=C(/N)NC[C@@H]1CNCCO1)c1ccnn1C. The molecule has 0 aromatic carbocycles. The molecule has 1 fully saturated rings. The van der Waals surface area contributed by atoms with Gasteiger partial charge in [-0.05, 0) is 17.7 Å². The number of nitrogens with two attached hydrogens (primary N) is 1. The van der Waals surface area contributed by atoms with Crippen LogP contribution < -0.4 is 27.1 Å². The largest absolute Gasteiger partial charge is 0.384 e. The number of allylic oxidation sites excluding steroid dienone is 1. The molecule has 3 rings (SSSR count). The molecule has 8 nitrogen and oxygen atoms in total. The van der Waals surface area contributed by atoms with Crippen LogP contribution in [0.1, 0.15) is 5.69 Å². The van der Waals surface area contributed by atoms with Crippen molar-refractivity contribution < 1.29 is 4.74 Å². The Morgan fingerprint density at radius 3 is 3.04 bits per heavy atom. The molecule has 0 saturated carbocycles. The summed E-state index contributed by atoms with van der Waals surface area (Å²) in [5.74, 6) is 0.464. The summed E-state index contributed by atoms with van der Waals surface area (Å²) in [6.07, 6.45) is 6.92. The zero-order chi connectivity index (χ0) is 17.6. The van der Waals surface area contributed by atoms with Crippen LogP contribution in [0.2, 0.25) is 0 Å². The van der Waals surface area contributed by atoms with E-state index in [9.17, 15) is 0 Å². The predicted octanol–water partition coefficient (Wildman–Crippen LogP) is -1.69. The summed E-state index contributed by atoms with van der Waals surface area (Å²) in [5, 5.41) is 11.9. The second kappa shape index (κ2) is 7.91. The summed E-state index contributed by atoms with van der Waals surface area (Å²) in [6, 6.07) is 1.90. The predicted molar refractivity (Wildman–Crippen MR) is 96.2 cm³/mol. The van der Waals surface area contributed by atoms with E-state index in [0.29, 0.717) is 29.7 Å². The molecule has 25 heavy (non-hydrogen) atoms. The molecular weight excluding hydrogens is 318 g/mol. The van der Waals surface area contributed by atoms with Crippen molar-refractivity contribution in [1.82, 2.24) is 30.4 Å². The third-order valence-corrected chi connectivity index (χ3v) is 3.97. The first kappa shape index (κ1) is 17.1.